The molecule has 1 amide bonds. The van der Waals surface area contributed by atoms with Crippen LogP contribution in [0.4, 0.5) is 0 Å². The summed E-state index contributed by atoms with van der Waals surface area (Å²) in [7, 11) is 0. The summed E-state index contributed by atoms with van der Waals surface area (Å²) in [5, 5.41) is 14.3. The van der Waals surface area contributed by atoms with E-state index in [-0.39, 0.29) is 18.4 Å². The number of amides is 1. The van der Waals surface area contributed by atoms with Crippen molar-refractivity contribution < 1.29 is 14.6 Å². The Hall–Kier alpha value is -0.430. The van der Waals surface area contributed by atoms with Gasteiger partial charge in [-0.25, -0.2) is 0 Å². The molecule has 1 aromatic rings. The van der Waals surface area contributed by atoms with Crippen LogP contribution >= 0.6 is 27.3 Å². The molecule has 1 aliphatic heterocycles. The van der Waals surface area contributed by atoms with Crippen LogP contribution in [0.3, 0.4) is 0 Å². The summed E-state index contributed by atoms with van der Waals surface area (Å²) in [5.41, 5.74) is 0. The minimum atomic E-state index is 0.0480. The van der Waals surface area contributed by atoms with Crippen LogP contribution < -0.4 is 5.32 Å². The van der Waals surface area contributed by atoms with E-state index < -0.39 is 0 Å². The predicted octanol–water partition coefficient (Wildman–Crippen LogP) is 2.20. The van der Waals surface area contributed by atoms with Crippen LogP contribution in [-0.2, 0) is 16.0 Å². The number of halogens is 1. The molecule has 2 atom stereocenters. The Bertz CT molecular complexity index is 432. The minimum Gasteiger partial charge on any atom is -0.396 e. The molecule has 0 unspecified atom stereocenters. The number of aryl methyl sites for hydroxylation is 1. The normalized spacial score (nSPS) is 20.0. The molecular formula is C14H20BrNO3S. The third kappa shape index (κ3) is 4.84. The number of nitrogens with one attached hydrogen (secondary N) is 1. The van der Waals surface area contributed by atoms with Gasteiger partial charge in [0.1, 0.15) is 0 Å². The van der Waals surface area contributed by atoms with Crippen LogP contribution in [0, 0.1) is 11.8 Å². The smallest absolute Gasteiger partial charge is 0.220 e. The molecule has 0 aliphatic carbocycles. The van der Waals surface area contributed by atoms with Crippen molar-refractivity contribution in [1.82, 2.24) is 5.32 Å². The van der Waals surface area contributed by atoms with Crippen molar-refractivity contribution in [2.45, 2.75) is 19.3 Å². The van der Waals surface area contributed by atoms with E-state index in [0.29, 0.717) is 25.5 Å². The van der Waals surface area contributed by atoms with Crippen molar-refractivity contribution in [3.8, 4) is 0 Å². The number of hydrogen-bond donors (Lipinski definition) is 2. The maximum absolute atomic E-state index is 11.8. The van der Waals surface area contributed by atoms with Crippen LogP contribution in [0.25, 0.3) is 0 Å². The summed E-state index contributed by atoms with van der Waals surface area (Å²) < 4.78 is 6.40. The Morgan fingerprint density at radius 3 is 3.10 bits per heavy atom. The molecule has 1 aromatic heterocycles. The number of carbonyl (C=O) groups is 1. The fraction of sp³-hybridized carbons (Fsp3) is 0.643. The Labute approximate surface area is 131 Å². The SMILES string of the molecule is O=C(CCc1cc(Br)cs1)NC[C@H](CO)[C@@H]1CCOC1. The zero-order chi connectivity index (χ0) is 14.4. The van der Waals surface area contributed by atoms with E-state index in [0.717, 1.165) is 23.9 Å². The van der Waals surface area contributed by atoms with E-state index in [1.165, 1.54) is 4.88 Å². The molecule has 112 valence electrons. The van der Waals surface area contributed by atoms with Gasteiger partial charge in [-0.15, -0.1) is 11.3 Å². The number of ether oxygens (including phenoxy) is 1. The van der Waals surface area contributed by atoms with E-state index in [1.807, 2.05) is 11.4 Å². The second kappa shape index (κ2) is 8.12. The number of aliphatic hydroxyl groups is 1. The average molecular weight is 362 g/mol. The highest BCUT2D eigenvalue weighted by molar-refractivity contribution is 9.10. The second-order valence-corrected chi connectivity index (χ2v) is 7.01. The zero-order valence-corrected chi connectivity index (χ0v) is 13.7. The Balaban J connectivity index is 1.68. The molecular weight excluding hydrogens is 342 g/mol. The fourth-order valence-electron chi connectivity index (χ4n) is 2.36. The Morgan fingerprint density at radius 2 is 2.50 bits per heavy atom. The molecule has 6 heteroatoms. The van der Waals surface area contributed by atoms with Gasteiger partial charge >= 0.3 is 0 Å². The largest absolute Gasteiger partial charge is 0.396 e. The monoisotopic (exact) mass is 361 g/mol. The third-order valence-electron chi connectivity index (χ3n) is 3.65. The van der Waals surface area contributed by atoms with Gasteiger partial charge in [0.05, 0.1) is 0 Å². The summed E-state index contributed by atoms with van der Waals surface area (Å²) in [6.07, 6.45) is 2.23. The van der Waals surface area contributed by atoms with Crippen molar-refractivity contribution >= 4 is 33.2 Å². The molecule has 4 nitrogen and oxygen atoms in total. The second-order valence-electron chi connectivity index (χ2n) is 5.10. The van der Waals surface area contributed by atoms with E-state index in [4.69, 9.17) is 4.74 Å². The molecule has 2 heterocycles. The minimum absolute atomic E-state index is 0.0480. The lowest BCUT2D eigenvalue weighted by atomic mass is 9.92. The third-order valence-corrected chi connectivity index (χ3v) is 5.41. The van der Waals surface area contributed by atoms with E-state index in [2.05, 4.69) is 21.2 Å². The first-order valence-electron chi connectivity index (χ1n) is 6.87. The van der Waals surface area contributed by atoms with Gasteiger partial charge in [-0.1, -0.05) is 0 Å². The van der Waals surface area contributed by atoms with Gasteiger partial charge in [-0.3, -0.25) is 4.79 Å². The molecule has 1 fully saturated rings. The van der Waals surface area contributed by atoms with Crippen molar-refractivity contribution in [2.75, 3.05) is 26.4 Å². The van der Waals surface area contributed by atoms with Crippen molar-refractivity contribution in [2.24, 2.45) is 11.8 Å². The average Bonchev–Trinajstić information content (AvgIpc) is 3.09. The highest BCUT2D eigenvalue weighted by atomic mass is 79.9. The molecule has 1 saturated heterocycles. The summed E-state index contributed by atoms with van der Waals surface area (Å²) in [5.74, 6) is 0.526. The van der Waals surface area contributed by atoms with Crippen molar-refractivity contribution in [3.05, 3.63) is 20.8 Å². The first-order chi connectivity index (χ1) is 9.69. The highest BCUT2D eigenvalue weighted by Gasteiger charge is 2.25. The lowest BCUT2D eigenvalue weighted by Gasteiger charge is -2.20. The summed E-state index contributed by atoms with van der Waals surface area (Å²) in [6, 6.07) is 2.05. The van der Waals surface area contributed by atoms with Gasteiger partial charge in [-0.05, 0) is 40.8 Å². The molecule has 20 heavy (non-hydrogen) atoms. The molecule has 0 aromatic carbocycles. The summed E-state index contributed by atoms with van der Waals surface area (Å²) >= 11 is 5.06. The van der Waals surface area contributed by atoms with Gasteiger partial charge in [0.2, 0.25) is 5.91 Å². The van der Waals surface area contributed by atoms with Crippen LogP contribution in [0.15, 0.2) is 15.9 Å². The number of rotatable bonds is 7. The molecule has 1 aliphatic rings. The topological polar surface area (TPSA) is 58.6 Å². The highest BCUT2D eigenvalue weighted by Crippen LogP contribution is 2.22. The maximum atomic E-state index is 11.8. The molecule has 2 N–H and O–H groups in total. The number of thiophene rings is 1. The Morgan fingerprint density at radius 1 is 1.65 bits per heavy atom. The predicted molar refractivity (Wildman–Crippen MR) is 82.9 cm³/mol. The molecule has 0 bridgehead atoms. The van der Waals surface area contributed by atoms with E-state index in [9.17, 15) is 9.90 Å². The van der Waals surface area contributed by atoms with Crippen molar-refractivity contribution in [3.63, 3.8) is 0 Å². The van der Waals surface area contributed by atoms with Gasteiger partial charge in [-0.2, -0.15) is 0 Å². The van der Waals surface area contributed by atoms with Crippen LogP contribution in [0.1, 0.15) is 17.7 Å². The molecule has 0 spiro atoms. The van der Waals surface area contributed by atoms with Crippen LogP contribution in [-0.4, -0.2) is 37.4 Å². The first kappa shape index (κ1) is 15.9. The van der Waals surface area contributed by atoms with Crippen LogP contribution in [0.2, 0.25) is 0 Å². The van der Waals surface area contributed by atoms with Gasteiger partial charge in [0, 0.05) is 53.4 Å². The molecule has 2 rings (SSSR count). The van der Waals surface area contributed by atoms with E-state index >= 15 is 0 Å². The van der Waals surface area contributed by atoms with Gasteiger partial charge < -0.3 is 15.2 Å². The summed E-state index contributed by atoms with van der Waals surface area (Å²) in [4.78, 5) is 13.0. The number of carbonyl (C=O) groups excluding carboxylic acids is 1. The van der Waals surface area contributed by atoms with Gasteiger partial charge in [0.15, 0.2) is 0 Å². The van der Waals surface area contributed by atoms with Crippen molar-refractivity contribution in [1.29, 1.82) is 0 Å². The van der Waals surface area contributed by atoms with Crippen LogP contribution in [0.5, 0.6) is 0 Å². The standard InChI is InChI=1S/C14H20BrNO3S/c15-12-5-13(20-9-12)1-2-14(18)16-6-11(7-17)10-3-4-19-8-10/h5,9-11,17H,1-4,6-8H2,(H,16,18)/t10-,11-/m1/s1. The summed E-state index contributed by atoms with van der Waals surface area (Å²) in [6.45, 7) is 2.11. The lowest BCUT2D eigenvalue weighted by molar-refractivity contribution is -0.121. The zero-order valence-electron chi connectivity index (χ0n) is 11.3. The van der Waals surface area contributed by atoms with Gasteiger partial charge in [0.25, 0.3) is 0 Å². The maximum Gasteiger partial charge on any atom is 0.220 e. The number of aliphatic hydroxyl groups excluding tert-OH is 1. The quantitative estimate of drug-likeness (QED) is 0.782. The lowest BCUT2D eigenvalue weighted by Crippen LogP contribution is -2.34. The molecule has 0 radical (unpaired) electrons. The fourth-order valence-corrected chi connectivity index (χ4v) is 3.81. The van der Waals surface area contributed by atoms with E-state index in [1.54, 1.807) is 11.3 Å². The first-order valence-corrected chi connectivity index (χ1v) is 8.54. The number of hydrogen-bond acceptors (Lipinski definition) is 4. The Kier molecular flexibility index (Phi) is 6.48. The molecule has 0 saturated carbocycles.